The van der Waals surface area contributed by atoms with Crippen LogP contribution in [0.1, 0.15) is 18.9 Å². The lowest BCUT2D eigenvalue weighted by Gasteiger charge is -2.11. The highest BCUT2D eigenvalue weighted by Crippen LogP contribution is 2.17. The Kier molecular flexibility index (Phi) is 6.77. The van der Waals surface area contributed by atoms with E-state index in [0.717, 1.165) is 45.1 Å². The van der Waals surface area contributed by atoms with E-state index in [2.05, 4.69) is 51.1 Å². The zero-order valence-corrected chi connectivity index (χ0v) is 13.5. The highest BCUT2D eigenvalue weighted by molar-refractivity contribution is 5.83. The Labute approximate surface area is 132 Å². The second-order valence-corrected chi connectivity index (χ2v) is 5.09. The van der Waals surface area contributed by atoms with E-state index in [4.69, 9.17) is 4.74 Å². The minimum atomic E-state index is 0.775. The van der Waals surface area contributed by atoms with Crippen molar-refractivity contribution in [1.29, 1.82) is 0 Å². The van der Waals surface area contributed by atoms with E-state index < -0.39 is 0 Å². The molecule has 120 valence electrons. The maximum atomic E-state index is 5.32. The number of hydrogen-bond donors (Lipinski definition) is 3. The van der Waals surface area contributed by atoms with Gasteiger partial charge in [0.1, 0.15) is 0 Å². The number of fused-ring (bicyclic) bond motifs is 1. The van der Waals surface area contributed by atoms with Crippen LogP contribution in [0.15, 0.2) is 35.5 Å². The van der Waals surface area contributed by atoms with E-state index >= 15 is 0 Å². The average molecular weight is 302 g/mol. The fraction of sp³-hybridized carbons (Fsp3) is 0.471. The largest absolute Gasteiger partial charge is 0.382 e. The molecule has 3 N–H and O–H groups in total. The molecular weight excluding hydrogens is 276 g/mol. The standard InChI is InChI=1S/C17H26N4O/c1-3-22-12-6-10-19-17(18-2)20-11-9-14-13-21-16-8-5-4-7-15(14)16/h4-5,7-8,13,21H,3,6,9-12H2,1-2H3,(H2,18,19,20). The van der Waals surface area contributed by atoms with Gasteiger partial charge in [0.15, 0.2) is 5.96 Å². The molecule has 0 saturated heterocycles. The molecule has 0 fully saturated rings. The molecule has 0 radical (unpaired) electrons. The van der Waals surface area contributed by atoms with E-state index in [1.165, 1.54) is 16.5 Å². The molecule has 0 aliphatic heterocycles. The summed E-state index contributed by atoms with van der Waals surface area (Å²) in [6, 6.07) is 8.38. The first-order valence-corrected chi connectivity index (χ1v) is 7.92. The van der Waals surface area contributed by atoms with Crippen LogP contribution in [0, 0.1) is 0 Å². The molecule has 1 aromatic heterocycles. The molecule has 1 aromatic carbocycles. The summed E-state index contributed by atoms with van der Waals surface area (Å²) in [7, 11) is 1.80. The highest BCUT2D eigenvalue weighted by Gasteiger charge is 2.03. The first-order chi connectivity index (χ1) is 10.8. The molecule has 0 aliphatic carbocycles. The maximum absolute atomic E-state index is 5.32. The Morgan fingerprint density at radius 3 is 2.86 bits per heavy atom. The van der Waals surface area contributed by atoms with Crippen LogP contribution in [0.3, 0.4) is 0 Å². The summed E-state index contributed by atoms with van der Waals surface area (Å²) in [5.41, 5.74) is 2.52. The van der Waals surface area contributed by atoms with Gasteiger partial charge in [-0.2, -0.15) is 0 Å². The third kappa shape index (κ3) is 4.77. The second kappa shape index (κ2) is 9.10. The molecular formula is C17H26N4O. The van der Waals surface area contributed by atoms with Gasteiger partial charge in [0.25, 0.3) is 0 Å². The SMILES string of the molecule is CCOCCCNC(=NC)NCCc1c[nH]c2ccccc12. The van der Waals surface area contributed by atoms with Gasteiger partial charge in [-0.05, 0) is 31.4 Å². The van der Waals surface area contributed by atoms with E-state index in [0.29, 0.717) is 0 Å². The van der Waals surface area contributed by atoms with Gasteiger partial charge in [-0.25, -0.2) is 0 Å². The molecule has 0 aliphatic rings. The Hall–Kier alpha value is -2.01. The molecule has 5 heteroatoms. The Balaban J connectivity index is 1.72. The molecule has 2 rings (SSSR count). The van der Waals surface area contributed by atoms with Crippen molar-refractivity contribution in [2.45, 2.75) is 19.8 Å². The van der Waals surface area contributed by atoms with Crippen molar-refractivity contribution < 1.29 is 4.74 Å². The summed E-state index contributed by atoms with van der Waals surface area (Å²) in [5.74, 6) is 0.844. The number of H-pyrrole nitrogens is 1. The molecule has 0 bridgehead atoms. The van der Waals surface area contributed by atoms with E-state index in [1.54, 1.807) is 7.05 Å². The van der Waals surface area contributed by atoms with Crippen molar-refractivity contribution >= 4 is 16.9 Å². The van der Waals surface area contributed by atoms with Gasteiger partial charge in [-0.1, -0.05) is 18.2 Å². The number of ether oxygens (including phenoxy) is 1. The van der Waals surface area contributed by atoms with Crippen molar-refractivity contribution in [3.63, 3.8) is 0 Å². The number of rotatable bonds is 8. The molecule has 0 amide bonds. The lowest BCUT2D eigenvalue weighted by atomic mass is 10.1. The number of guanidine groups is 1. The van der Waals surface area contributed by atoms with E-state index in [1.807, 2.05) is 6.92 Å². The number of nitrogens with zero attached hydrogens (tertiary/aromatic N) is 1. The molecule has 0 spiro atoms. The number of benzene rings is 1. The van der Waals surface area contributed by atoms with Crippen molar-refractivity contribution in [2.24, 2.45) is 4.99 Å². The summed E-state index contributed by atoms with van der Waals surface area (Å²) in [6.07, 6.45) is 4.03. The summed E-state index contributed by atoms with van der Waals surface area (Å²) in [4.78, 5) is 7.54. The second-order valence-electron chi connectivity index (χ2n) is 5.09. The number of aromatic nitrogens is 1. The Morgan fingerprint density at radius 2 is 2.05 bits per heavy atom. The number of hydrogen-bond acceptors (Lipinski definition) is 2. The minimum Gasteiger partial charge on any atom is -0.382 e. The fourth-order valence-electron chi connectivity index (χ4n) is 2.40. The Morgan fingerprint density at radius 1 is 1.23 bits per heavy atom. The van der Waals surface area contributed by atoms with Crippen molar-refractivity contribution in [3.05, 3.63) is 36.0 Å². The third-order valence-electron chi connectivity index (χ3n) is 3.55. The molecule has 5 nitrogen and oxygen atoms in total. The van der Waals surface area contributed by atoms with Crippen LogP contribution in [-0.2, 0) is 11.2 Å². The third-order valence-corrected chi connectivity index (χ3v) is 3.55. The van der Waals surface area contributed by atoms with Gasteiger partial charge in [0.05, 0.1) is 0 Å². The molecule has 2 aromatic rings. The van der Waals surface area contributed by atoms with Gasteiger partial charge in [0, 0.05) is 50.5 Å². The zero-order chi connectivity index (χ0) is 15.6. The van der Waals surface area contributed by atoms with Crippen LogP contribution >= 0.6 is 0 Å². The van der Waals surface area contributed by atoms with Gasteiger partial charge >= 0.3 is 0 Å². The first kappa shape index (κ1) is 16.4. The normalized spacial score (nSPS) is 11.8. The van der Waals surface area contributed by atoms with Crippen LogP contribution < -0.4 is 10.6 Å². The fourth-order valence-corrected chi connectivity index (χ4v) is 2.40. The quantitative estimate of drug-likeness (QED) is 0.398. The lowest BCUT2D eigenvalue weighted by Crippen LogP contribution is -2.39. The summed E-state index contributed by atoms with van der Waals surface area (Å²) in [6.45, 7) is 5.30. The number of aliphatic imine (C=N–C) groups is 1. The van der Waals surface area contributed by atoms with Crippen molar-refractivity contribution in [2.75, 3.05) is 33.4 Å². The summed E-state index contributed by atoms with van der Waals surface area (Å²) < 4.78 is 5.32. The van der Waals surface area contributed by atoms with Crippen molar-refractivity contribution in [3.8, 4) is 0 Å². The van der Waals surface area contributed by atoms with Crippen LogP contribution in [0.25, 0.3) is 10.9 Å². The number of para-hydroxylation sites is 1. The van der Waals surface area contributed by atoms with Gasteiger partial charge in [-0.3, -0.25) is 4.99 Å². The smallest absolute Gasteiger partial charge is 0.190 e. The van der Waals surface area contributed by atoms with Crippen LogP contribution in [-0.4, -0.2) is 44.3 Å². The average Bonchev–Trinajstić information content (AvgIpc) is 2.96. The topological polar surface area (TPSA) is 61.4 Å². The maximum Gasteiger partial charge on any atom is 0.190 e. The van der Waals surface area contributed by atoms with Crippen LogP contribution in [0.4, 0.5) is 0 Å². The molecule has 1 heterocycles. The first-order valence-electron chi connectivity index (χ1n) is 7.92. The number of aromatic amines is 1. The Bertz CT molecular complexity index is 591. The molecule has 0 atom stereocenters. The lowest BCUT2D eigenvalue weighted by molar-refractivity contribution is 0.145. The molecule has 0 unspecified atom stereocenters. The van der Waals surface area contributed by atoms with E-state index in [9.17, 15) is 0 Å². The molecule has 22 heavy (non-hydrogen) atoms. The van der Waals surface area contributed by atoms with Crippen molar-refractivity contribution in [1.82, 2.24) is 15.6 Å². The van der Waals surface area contributed by atoms with Gasteiger partial charge in [-0.15, -0.1) is 0 Å². The minimum absolute atomic E-state index is 0.775. The predicted molar refractivity (Wildman–Crippen MR) is 92.5 cm³/mol. The monoisotopic (exact) mass is 302 g/mol. The zero-order valence-electron chi connectivity index (χ0n) is 13.5. The summed E-state index contributed by atoms with van der Waals surface area (Å²) >= 11 is 0. The highest BCUT2D eigenvalue weighted by atomic mass is 16.5. The number of nitrogens with one attached hydrogen (secondary N) is 3. The summed E-state index contributed by atoms with van der Waals surface area (Å²) in [5, 5.41) is 7.94. The van der Waals surface area contributed by atoms with Gasteiger partial charge in [0.2, 0.25) is 0 Å². The van der Waals surface area contributed by atoms with Crippen LogP contribution in [0.5, 0.6) is 0 Å². The predicted octanol–water partition coefficient (Wildman–Crippen LogP) is 2.30. The van der Waals surface area contributed by atoms with E-state index in [-0.39, 0.29) is 0 Å². The van der Waals surface area contributed by atoms with Gasteiger partial charge < -0.3 is 20.4 Å². The molecule has 0 saturated carbocycles. The van der Waals surface area contributed by atoms with Crippen LogP contribution in [0.2, 0.25) is 0 Å².